The van der Waals surface area contributed by atoms with Crippen LogP contribution in [0.25, 0.3) is 11.0 Å². The fourth-order valence-electron chi connectivity index (χ4n) is 3.63. The number of H-pyrrole nitrogens is 1. The lowest BCUT2D eigenvalue weighted by Crippen LogP contribution is -2.53. The van der Waals surface area contributed by atoms with Crippen LogP contribution in [0, 0.1) is 5.82 Å². The van der Waals surface area contributed by atoms with Gasteiger partial charge in [0.15, 0.2) is 0 Å². The molecule has 1 saturated heterocycles. The normalized spacial score (nSPS) is 15.4. The predicted octanol–water partition coefficient (Wildman–Crippen LogP) is 1.78. The molecule has 3 aromatic rings. The highest BCUT2D eigenvalue weighted by atomic mass is 19.1. The number of imidazole rings is 1. The standard InChI is InChI=1S/C20H24FN5O/c21-16-5-1-3-7-18(16)25-12-10-24(11-13-25)15-26-19-8-4-2-6-17(19)23-20(26)22-9-14-27/h1-8,27H,9-15H2,(H,22,23)/p+1. The monoisotopic (exact) mass is 370 g/mol. The molecule has 0 amide bonds. The number of anilines is 2. The van der Waals surface area contributed by atoms with Gasteiger partial charge >= 0.3 is 5.95 Å². The molecule has 27 heavy (non-hydrogen) atoms. The summed E-state index contributed by atoms with van der Waals surface area (Å²) in [5, 5.41) is 12.4. The summed E-state index contributed by atoms with van der Waals surface area (Å²) in [7, 11) is 0. The summed E-state index contributed by atoms with van der Waals surface area (Å²) in [5.41, 5.74) is 2.86. The second kappa shape index (κ2) is 7.94. The molecule has 3 N–H and O–H groups in total. The maximum absolute atomic E-state index is 14.0. The third kappa shape index (κ3) is 3.74. The van der Waals surface area contributed by atoms with E-state index in [1.807, 2.05) is 30.3 Å². The van der Waals surface area contributed by atoms with Crippen LogP contribution in [0.1, 0.15) is 0 Å². The molecule has 7 heteroatoms. The van der Waals surface area contributed by atoms with Crippen molar-refractivity contribution in [1.82, 2.24) is 9.88 Å². The Kier molecular flexibility index (Phi) is 5.22. The van der Waals surface area contributed by atoms with E-state index in [-0.39, 0.29) is 12.4 Å². The summed E-state index contributed by atoms with van der Waals surface area (Å²) >= 11 is 0. The number of nitrogens with zero attached hydrogens (tertiary/aromatic N) is 3. The molecule has 0 unspecified atom stereocenters. The molecule has 1 aromatic heterocycles. The average molecular weight is 370 g/mol. The summed E-state index contributed by atoms with van der Waals surface area (Å²) in [6.07, 6.45) is 0. The van der Waals surface area contributed by atoms with Crippen molar-refractivity contribution >= 4 is 22.7 Å². The van der Waals surface area contributed by atoms with Crippen LogP contribution in [-0.2, 0) is 6.67 Å². The molecule has 142 valence electrons. The van der Waals surface area contributed by atoms with Gasteiger partial charge in [-0.15, -0.1) is 0 Å². The topological polar surface area (TPSA) is 58.4 Å². The third-order valence-corrected chi connectivity index (χ3v) is 5.03. The largest absolute Gasteiger partial charge is 0.393 e. The van der Waals surface area contributed by atoms with E-state index in [0.717, 1.165) is 49.8 Å². The maximum Gasteiger partial charge on any atom is 0.357 e. The van der Waals surface area contributed by atoms with Crippen LogP contribution in [0.3, 0.4) is 0 Å². The minimum absolute atomic E-state index is 0.0800. The Morgan fingerprint density at radius 2 is 1.78 bits per heavy atom. The number of aromatic nitrogens is 2. The Morgan fingerprint density at radius 3 is 2.56 bits per heavy atom. The van der Waals surface area contributed by atoms with E-state index in [1.54, 1.807) is 6.07 Å². The van der Waals surface area contributed by atoms with Gasteiger partial charge in [-0.25, -0.2) is 13.9 Å². The van der Waals surface area contributed by atoms with Crippen LogP contribution in [0.4, 0.5) is 16.0 Å². The number of rotatable bonds is 6. The Bertz CT molecular complexity index is 904. The molecule has 0 spiro atoms. The molecule has 2 heterocycles. The highest BCUT2D eigenvalue weighted by Gasteiger charge is 2.23. The van der Waals surface area contributed by atoms with Gasteiger partial charge in [0.25, 0.3) is 0 Å². The van der Waals surface area contributed by atoms with E-state index in [9.17, 15) is 4.39 Å². The molecule has 0 bridgehead atoms. The van der Waals surface area contributed by atoms with Crippen LogP contribution in [0.15, 0.2) is 48.5 Å². The molecule has 1 fully saturated rings. The van der Waals surface area contributed by atoms with Gasteiger partial charge in [-0.2, -0.15) is 0 Å². The second-order valence-electron chi connectivity index (χ2n) is 6.77. The number of piperazine rings is 1. The van der Waals surface area contributed by atoms with E-state index >= 15 is 0 Å². The lowest BCUT2D eigenvalue weighted by atomic mass is 10.2. The maximum atomic E-state index is 14.0. The van der Waals surface area contributed by atoms with Crippen LogP contribution < -0.4 is 14.8 Å². The summed E-state index contributed by atoms with van der Waals surface area (Å²) < 4.78 is 16.2. The Labute approximate surface area is 157 Å². The van der Waals surface area contributed by atoms with Crippen molar-refractivity contribution in [3.63, 3.8) is 0 Å². The molecule has 0 saturated carbocycles. The molecule has 0 aliphatic carbocycles. The summed E-state index contributed by atoms with van der Waals surface area (Å²) in [4.78, 5) is 7.86. The summed E-state index contributed by atoms with van der Waals surface area (Å²) in [6, 6.07) is 15.1. The van der Waals surface area contributed by atoms with Crippen molar-refractivity contribution < 1.29 is 14.1 Å². The van der Waals surface area contributed by atoms with Crippen molar-refractivity contribution in [2.45, 2.75) is 6.67 Å². The van der Waals surface area contributed by atoms with Crippen LogP contribution in [-0.4, -0.2) is 54.3 Å². The second-order valence-corrected chi connectivity index (χ2v) is 6.77. The first-order valence-electron chi connectivity index (χ1n) is 9.33. The first-order valence-corrected chi connectivity index (χ1v) is 9.33. The smallest absolute Gasteiger partial charge is 0.357 e. The number of benzene rings is 2. The zero-order chi connectivity index (χ0) is 18.6. The number of nitrogens with one attached hydrogen (secondary N) is 2. The van der Waals surface area contributed by atoms with Crippen molar-refractivity contribution in [2.75, 3.05) is 49.5 Å². The number of para-hydroxylation sites is 3. The molecule has 2 aromatic carbocycles. The quantitative estimate of drug-likeness (QED) is 0.579. The highest BCUT2D eigenvalue weighted by molar-refractivity contribution is 5.72. The minimum atomic E-state index is -0.160. The van der Waals surface area contributed by atoms with Crippen molar-refractivity contribution in [1.29, 1.82) is 0 Å². The van der Waals surface area contributed by atoms with Gasteiger partial charge in [-0.3, -0.25) is 10.2 Å². The molecule has 4 rings (SSSR count). The predicted molar refractivity (Wildman–Crippen MR) is 104 cm³/mol. The van der Waals surface area contributed by atoms with Gasteiger partial charge in [0.05, 0.1) is 18.8 Å². The third-order valence-electron chi connectivity index (χ3n) is 5.03. The van der Waals surface area contributed by atoms with Gasteiger partial charge in [0.2, 0.25) is 0 Å². The zero-order valence-corrected chi connectivity index (χ0v) is 15.2. The first-order chi connectivity index (χ1) is 13.3. The molecule has 0 atom stereocenters. The number of halogens is 1. The van der Waals surface area contributed by atoms with Crippen LogP contribution in [0.5, 0.6) is 0 Å². The fraction of sp³-hybridized carbons (Fsp3) is 0.350. The fourth-order valence-corrected chi connectivity index (χ4v) is 3.63. The molecular formula is C20H25FN5O+. The Morgan fingerprint density at radius 1 is 1.04 bits per heavy atom. The molecule has 0 radical (unpaired) electrons. The van der Waals surface area contributed by atoms with Gasteiger partial charge in [0, 0.05) is 26.2 Å². The number of aliphatic hydroxyl groups excluding tert-OH is 1. The first kappa shape index (κ1) is 17.8. The van der Waals surface area contributed by atoms with Gasteiger partial charge in [0.1, 0.15) is 23.5 Å². The number of aromatic amines is 1. The lowest BCUT2D eigenvalue weighted by Gasteiger charge is -2.35. The van der Waals surface area contributed by atoms with E-state index in [0.29, 0.717) is 12.2 Å². The zero-order valence-electron chi connectivity index (χ0n) is 15.2. The van der Waals surface area contributed by atoms with Crippen molar-refractivity contribution in [2.24, 2.45) is 0 Å². The molecule has 6 nitrogen and oxygen atoms in total. The van der Waals surface area contributed by atoms with Gasteiger partial charge in [-0.05, 0) is 24.3 Å². The molecule has 1 aliphatic heterocycles. The Hall–Kier alpha value is -2.64. The van der Waals surface area contributed by atoms with Crippen LogP contribution in [0.2, 0.25) is 0 Å². The van der Waals surface area contributed by atoms with Gasteiger partial charge in [-0.1, -0.05) is 24.3 Å². The minimum Gasteiger partial charge on any atom is -0.393 e. The highest BCUT2D eigenvalue weighted by Crippen LogP contribution is 2.20. The SMILES string of the molecule is OCCNc1[nH]c2ccccc2[n+]1CN1CCN(c2ccccc2F)CC1. The molecule has 1 aliphatic rings. The van der Waals surface area contributed by atoms with Crippen molar-refractivity contribution in [3.05, 3.63) is 54.3 Å². The average Bonchev–Trinajstić information content (AvgIpc) is 3.05. The number of hydrogen-bond donors (Lipinski definition) is 3. The summed E-state index contributed by atoms with van der Waals surface area (Å²) in [6.45, 7) is 4.63. The molecular weight excluding hydrogens is 345 g/mol. The van der Waals surface area contributed by atoms with Crippen molar-refractivity contribution in [3.8, 4) is 0 Å². The van der Waals surface area contributed by atoms with E-state index < -0.39 is 0 Å². The van der Waals surface area contributed by atoms with Crippen LogP contribution >= 0.6 is 0 Å². The van der Waals surface area contributed by atoms with E-state index in [4.69, 9.17) is 5.11 Å². The summed E-state index contributed by atoms with van der Waals surface area (Å²) in [5.74, 6) is 0.731. The number of hydrogen-bond acceptors (Lipinski definition) is 4. The van der Waals surface area contributed by atoms with E-state index in [1.165, 1.54) is 6.07 Å². The van der Waals surface area contributed by atoms with E-state index in [2.05, 4.69) is 30.7 Å². The van der Waals surface area contributed by atoms with Gasteiger partial charge < -0.3 is 10.0 Å². The Balaban J connectivity index is 1.48. The number of fused-ring (bicyclic) bond motifs is 1. The number of aliphatic hydroxyl groups is 1. The lowest BCUT2D eigenvalue weighted by molar-refractivity contribution is -0.677.